The Morgan fingerprint density at radius 1 is 0.811 bits per heavy atom. The van der Waals surface area contributed by atoms with Gasteiger partial charge < -0.3 is 29.7 Å². The van der Waals surface area contributed by atoms with Gasteiger partial charge in [0.1, 0.15) is 0 Å². The van der Waals surface area contributed by atoms with Crippen LogP contribution < -0.4 is 35.1 Å². The van der Waals surface area contributed by atoms with Crippen LogP contribution >= 0.6 is 23.8 Å². The average Bonchev–Trinajstić information content (AvgIpc) is 2.88. The van der Waals surface area contributed by atoms with E-state index in [1.807, 2.05) is 31.1 Å². The van der Waals surface area contributed by atoms with Crippen LogP contribution in [0.25, 0.3) is 0 Å². The second kappa shape index (κ2) is 12.3. The number of amides is 2. The number of hydrogen-bond acceptors (Lipinski definition) is 7. The minimum Gasteiger partial charge on any atom is -0.493 e. The van der Waals surface area contributed by atoms with Crippen molar-refractivity contribution < 1.29 is 23.8 Å². The summed E-state index contributed by atoms with van der Waals surface area (Å²) in [6.45, 7) is 0. The maximum Gasteiger partial charge on any atom is 0.257 e. The molecular weight excluding hydrogens is 516 g/mol. The van der Waals surface area contributed by atoms with E-state index < -0.39 is 11.8 Å². The Bertz CT molecular complexity index is 1290. The zero-order valence-corrected chi connectivity index (χ0v) is 22.5. The highest BCUT2D eigenvalue weighted by Crippen LogP contribution is 2.38. The van der Waals surface area contributed by atoms with Gasteiger partial charge >= 0.3 is 0 Å². The molecule has 0 unspecified atom stereocenters. The maximum absolute atomic E-state index is 12.9. The Morgan fingerprint density at radius 2 is 1.41 bits per heavy atom. The molecule has 2 amide bonds. The summed E-state index contributed by atoms with van der Waals surface area (Å²) < 4.78 is 15.9. The molecule has 3 rings (SSSR count). The monoisotopic (exact) mass is 542 g/mol. The fourth-order valence-electron chi connectivity index (χ4n) is 3.37. The molecule has 0 aliphatic rings. The second-order valence-electron chi connectivity index (χ2n) is 7.91. The SMILES string of the molecule is COc1cc(C(=O)NC(=S)Nc2ccc(Cl)c(C(=O)Nc3ccc(N(C)C)cc3)c2)cc(OC)c1OC. The Balaban J connectivity index is 1.71. The molecule has 0 aromatic heterocycles. The molecule has 11 heteroatoms. The van der Waals surface area contributed by atoms with Crippen molar-refractivity contribution in [3.05, 3.63) is 70.7 Å². The number of halogens is 1. The zero-order valence-electron chi connectivity index (χ0n) is 21.0. The van der Waals surface area contributed by atoms with Crippen LogP contribution in [0.5, 0.6) is 17.2 Å². The first-order valence-corrected chi connectivity index (χ1v) is 11.8. The summed E-state index contributed by atoms with van der Waals surface area (Å²) in [6.07, 6.45) is 0. The summed E-state index contributed by atoms with van der Waals surface area (Å²) in [7, 11) is 8.25. The predicted molar refractivity (Wildman–Crippen MR) is 150 cm³/mol. The molecule has 0 aliphatic heterocycles. The van der Waals surface area contributed by atoms with Crippen LogP contribution in [0.15, 0.2) is 54.6 Å². The summed E-state index contributed by atoms with van der Waals surface area (Å²) in [4.78, 5) is 27.6. The topological polar surface area (TPSA) is 101 Å². The van der Waals surface area contributed by atoms with Crippen molar-refractivity contribution in [3.8, 4) is 17.2 Å². The van der Waals surface area contributed by atoms with E-state index in [1.165, 1.54) is 33.5 Å². The van der Waals surface area contributed by atoms with Crippen molar-refractivity contribution in [2.45, 2.75) is 0 Å². The molecule has 0 saturated carbocycles. The van der Waals surface area contributed by atoms with Gasteiger partial charge in [-0.3, -0.25) is 14.9 Å². The molecule has 0 spiro atoms. The molecule has 9 nitrogen and oxygen atoms in total. The Labute approximate surface area is 225 Å². The van der Waals surface area contributed by atoms with E-state index in [9.17, 15) is 9.59 Å². The van der Waals surface area contributed by atoms with Crippen LogP contribution in [0.1, 0.15) is 20.7 Å². The molecule has 194 valence electrons. The van der Waals surface area contributed by atoms with Crippen LogP contribution in [0, 0.1) is 0 Å². The summed E-state index contributed by atoms with van der Waals surface area (Å²) in [5.74, 6) is 0.137. The fraction of sp³-hybridized carbons (Fsp3) is 0.192. The van der Waals surface area contributed by atoms with Crippen LogP contribution in [0.3, 0.4) is 0 Å². The van der Waals surface area contributed by atoms with Crippen molar-refractivity contribution in [2.24, 2.45) is 0 Å². The quantitative estimate of drug-likeness (QED) is 0.349. The standard InChI is InChI=1S/C26H27ClN4O5S/c1-31(2)18-9-6-16(7-10-18)28-25(33)19-14-17(8-11-20(19)27)29-26(37)30-24(32)15-12-21(34-3)23(36-5)22(13-15)35-4/h6-14H,1-5H3,(H,28,33)(H2,29,30,32,37). The number of rotatable bonds is 8. The van der Waals surface area contributed by atoms with E-state index in [0.717, 1.165) is 5.69 Å². The van der Waals surface area contributed by atoms with Crippen LogP contribution in [0.4, 0.5) is 17.1 Å². The largest absolute Gasteiger partial charge is 0.493 e. The smallest absolute Gasteiger partial charge is 0.257 e. The number of hydrogen-bond donors (Lipinski definition) is 3. The molecule has 3 aromatic carbocycles. The first kappa shape index (κ1) is 27.6. The van der Waals surface area contributed by atoms with Gasteiger partial charge in [0.2, 0.25) is 5.75 Å². The first-order chi connectivity index (χ1) is 17.7. The predicted octanol–water partition coefficient (Wildman–Crippen LogP) is 4.81. The van der Waals surface area contributed by atoms with Gasteiger partial charge in [0.05, 0.1) is 31.9 Å². The van der Waals surface area contributed by atoms with Gasteiger partial charge in [0, 0.05) is 36.7 Å². The fourth-order valence-corrected chi connectivity index (χ4v) is 3.78. The third-order valence-corrected chi connectivity index (χ3v) is 5.80. The minimum atomic E-state index is -0.496. The normalized spacial score (nSPS) is 10.2. The lowest BCUT2D eigenvalue weighted by Crippen LogP contribution is -2.34. The third-order valence-electron chi connectivity index (χ3n) is 5.26. The Hall–Kier alpha value is -4.02. The third kappa shape index (κ3) is 6.81. The molecule has 0 saturated heterocycles. The van der Waals surface area contributed by atoms with Gasteiger partial charge in [-0.25, -0.2) is 0 Å². The van der Waals surface area contributed by atoms with Crippen LogP contribution in [-0.4, -0.2) is 52.4 Å². The van der Waals surface area contributed by atoms with E-state index in [1.54, 1.807) is 30.3 Å². The minimum absolute atomic E-state index is 0.0201. The lowest BCUT2D eigenvalue weighted by molar-refractivity contribution is 0.0975. The Kier molecular flexibility index (Phi) is 9.15. The highest BCUT2D eigenvalue weighted by atomic mass is 35.5. The van der Waals surface area contributed by atoms with Gasteiger partial charge in [-0.1, -0.05) is 11.6 Å². The van der Waals surface area contributed by atoms with Crippen molar-refractivity contribution in [1.29, 1.82) is 0 Å². The number of anilines is 3. The molecule has 0 heterocycles. The zero-order chi connectivity index (χ0) is 27.1. The number of ether oxygens (including phenoxy) is 3. The highest BCUT2D eigenvalue weighted by molar-refractivity contribution is 7.80. The van der Waals surface area contributed by atoms with Crippen molar-refractivity contribution in [2.75, 3.05) is 51.0 Å². The van der Waals surface area contributed by atoms with E-state index in [-0.39, 0.29) is 21.3 Å². The Morgan fingerprint density at radius 3 is 1.95 bits per heavy atom. The van der Waals surface area contributed by atoms with E-state index >= 15 is 0 Å². The molecule has 3 aromatic rings. The molecule has 0 fully saturated rings. The first-order valence-electron chi connectivity index (χ1n) is 11.0. The molecule has 0 radical (unpaired) electrons. The van der Waals surface area contributed by atoms with Gasteiger partial charge in [0.25, 0.3) is 11.8 Å². The number of benzene rings is 3. The summed E-state index contributed by atoms with van der Waals surface area (Å²) in [5.41, 5.74) is 2.58. The van der Waals surface area contributed by atoms with Gasteiger partial charge in [-0.2, -0.15) is 0 Å². The van der Waals surface area contributed by atoms with E-state index in [4.69, 9.17) is 38.0 Å². The maximum atomic E-state index is 12.9. The number of carbonyl (C=O) groups excluding carboxylic acids is 2. The second-order valence-corrected chi connectivity index (χ2v) is 8.73. The molecule has 0 aliphatic carbocycles. The number of nitrogens with one attached hydrogen (secondary N) is 3. The molecule has 37 heavy (non-hydrogen) atoms. The summed E-state index contributed by atoms with van der Waals surface area (Å²) >= 11 is 11.6. The highest BCUT2D eigenvalue weighted by Gasteiger charge is 2.18. The lowest BCUT2D eigenvalue weighted by atomic mass is 10.1. The lowest BCUT2D eigenvalue weighted by Gasteiger charge is -2.15. The molecule has 0 bridgehead atoms. The summed E-state index contributed by atoms with van der Waals surface area (Å²) in [5, 5.41) is 8.60. The van der Waals surface area contributed by atoms with Crippen molar-refractivity contribution >= 4 is 57.8 Å². The summed E-state index contributed by atoms with van der Waals surface area (Å²) in [6, 6.07) is 15.2. The molecule has 0 atom stereocenters. The molecular formula is C26H27ClN4O5S. The van der Waals surface area contributed by atoms with Crippen molar-refractivity contribution in [1.82, 2.24) is 5.32 Å². The van der Waals surface area contributed by atoms with Gasteiger partial charge in [0.15, 0.2) is 16.6 Å². The van der Waals surface area contributed by atoms with Crippen LogP contribution in [0.2, 0.25) is 5.02 Å². The average molecular weight is 543 g/mol. The van der Waals surface area contributed by atoms with E-state index in [0.29, 0.717) is 28.6 Å². The molecule has 3 N–H and O–H groups in total. The van der Waals surface area contributed by atoms with Crippen molar-refractivity contribution in [3.63, 3.8) is 0 Å². The van der Waals surface area contributed by atoms with Gasteiger partial charge in [-0.15, -0.1) is 0 Å². The van der Waals surface area contributed by atoms with Crippen LogP contribution in [-0.2, 0) is 0 Å². The number of carbonyl (C=O) groups is 2. The number of nitrogens with zero attached hydrogens (tertiary/aromatic N) is 1. The van der Waals surface area contributed by atoms with Gasteiger partial charge in [-0.05, 0) is 66.8 Å². The number of thiocarbonyl (C=S) groups is 1. The van der Waals surface area contributed by atoms with E-state index in [2.05, 4.69) is 16.0 Å². The number of methoxy groups -OCH3 is 3.